The molecule has 0 bridgehead atoms. The number of benzene rings is 1. The monoisotopic (exact) mass is 433 g/mol. The normalized spacial score (nSPS) is 22.9. The van der Waals surface area contributed by atoms with Gasteiger partial charge in [-0.3, -0.25) is 4.79 Å². The average Bonchev–Trinajstić information content (AvgIpc) is 2.67. The molecule has 1 aromatic rings. The molecule has 2 aliphatic rings. The summed E-state index contributed by atoms with van der Waals surface area (Å²) in [4.78, 5) is 14.4. The van der Waals surface area contributed by atoms with E-state index in [0.29, 0.717) is 13.0 Å². The van der Waals surface area contributed by atoms with Gasteiger partial charge in [-0.1, -0.05) is 6.42 Å². The highest BCUT2D eigenvalue weighted by atomic mass is 32.2. The number of amides is 1. The van der Waals surface area contributed by atoms with Crippen molar-refractivity contribution in [2.45, 2.75) is 30.2 Å². The van der Waals surface area contributed by atoms with Crippen molar-refractivity contribution in [1.82, 2.24) is 13.5 Å². The van der Waals surface area contributed by atoms with Gasteiger partial charge in [0, 0.05) is 32.7 Å². The molecule has 2 aliphatic heterocycles. The van der Waals surface area contributed by atoms with E-state index in [1.165, 1.54) is 25.6 Å². The zero-order valence-electron chi connectivity index (χ0n) is 15.6. The van der Waals surface area contributed by atoms with Crippen LogP contribution in [-0.4, -0.2) is 81.3 Å². The number of sulfonamides is 2. The SMILES string of the molecule is CS(=O)(=O)N1CCCCC1C(=O)N1CCN(S(=O)(=O)c2ccc(F)cc2)CC1. The number of hydrogen-bond donors (Lipinski definition) is 0. The minimum absolute atomic E-state index is 0.00390. The molecule has 1 atom stereocenters. The highest BCUT2D eigenvalue weighted by Gasteiger charge is 2.38. The number of halogens is 1. The summed E-state index contributed by atoms with van der Waals surface area (Å²) < 4.78 is 64.9. The van der Waals surface area contributed by atoms with Gasteiger partial charge in [-0.05, 0) is 37.1 Å². The first-order valence-corrected chi connectivity index (χ1v) is 12.4. The largest absolute Gasteiger partial charge is 0.339 e. The van der Waals surface area contributed by atoms with Crippen LogP contribution < -0.4 is 0 Å². The van der Waals surface area contributed by atoms with E-state index >= 15 is 0 Å². The molecular formula is C17H24FN3O5S2. The minimum atomic E-state index is -3.76. The number of hydrogen-bond acceptors (Lipinski definition) is 5. The predicted molar refractivity (Wildman–Crippen MR) is 101 cm³/mol. The first-order chi connectivity index (χ1) is 13.1. The van der Waals surface area contributed by atoms with Gasteiger partial charge in [-0.25, -0.2) is 21.2 Å². The van der Waals surface area contributed by atoms with Crippen molar-refractivity contribution < 1.29 is 26.0 Å². The van der Waals surface area contributed by atoms with Crippen LogP contribution in [0.25, 0.3) is 0 Å². The van der Waals surface area contributed by atoms with E-state index in [1.807, 2.05) is 0 Å². The Kier molecular flexibility index (Phi) is 6.08. The lowest BCUT2D eigenvalue weighted by Gasteiger charge is -2.39. The van der Waals surface area contributed by atoms with Crippen molar-refractivity contribution in [2.24, 2.45) is 0 Å². The Hall–Kier alpha value is -1.56. The Balaban J connectivity index is 1.67. The zero-order chi connectivity index (χ0) is 20.5. The van der Waals surface area contributed by atoms with Crippen LogP contribution in [0, 0.1) is 5.82 Å². The Labute approximate surface area is 165 Å². The Morgan fingerprint density at radius 3 is 2.14 bits per heavy atom. The van der Waals surface area contributed by atoms with Crippen LogP contribution in [0.15, 0.2) is 29.2 Å². The number of piperazine rings is 1. The van der Waals surface area contributed by atoms with Gasteiger partial charge >= 0.3 is 0 Å². The van der Waals surface area contributed by atoms with Crippen molar-refractivity contribution >= 4 is 26.0 Å². The molecule has 0 N–H and O–H groups in total. The molecule has 2 fully saturated rings. The maximum absolute atomic E-state index is 13.1. The third-order valence-corrected chi connectivity index (χ3v) is 8.37. The molecule has 0 aromatic heterocycles. The third-order valence-electron chi connectivity index (χ3n) is 5.17. The molecule has 28 heavy (non-hydrogen) atoms. The average molecular weight is 434 g/mol. The standard InChI is InChI=1S/C17H24FN3O5S2/c1-27(23,24)21-9-3-2-4-16(21)17(22)19-10-12-20(13-11-19)28(25,26)15-7-5-14(18)6-8-15/h5-8,16H,2-4,9-13H2,1H3. The molecule has 2 saturated heterocycles. The molecule has 0 radical (unpaired) electrons. The van der Waals surface area contributed by atoms with Gasteiger partial charge in [0.1, 0.15) is 11.9 Å². The summed E-state index contributed by atoms with van der Waals surface area (Å²) in [5, 5.41) is 0. The first kappa shape index (κ1) is 21.2. The molecule has 0 aliphatic carbocycles. The molecule has 1 amide bonds. The van der Waals surface area contributed by atoms with Crippen LogP contribution in [0.3, 0.4) is 0 Å². The van der Waals surface area contributed by atoms with Crippen molar-refractivity contribution in [3.8, 4) is 0 Å². The molecule has 0 spiro atoms. The fourth-order valence-electron chi connectivity index (χ4n) is 3.66. The van der Waals surface area contributed by atoms with E-state index in [9.17, 15) is 26.0 Å². The molecule has 1 unspecified atom stereocenters. The van der Waals surface area contributed by atoms with E-state index in [0.717, 1.165) is 31.2 Å². The van der Waals surface area contributed by atoms with Crippen LogP contribution in [0.5, 0.6) is 0 Å². The molecule has 0 saturated carbocycles. The van der Waals surface area contributed by atoms with E-state index < -0.39 is 31.9 Å². The van der Waals surface area contributed by atoms with Gasteiger partial charge in [0.15, 0.2) is 0 Å². The maximum atomic E-state index is 13.1. The second kappa shape index (κ2) is 8.05. The van der Waals surface area contributed by atoms with Crippen molar-refractivity contribution in [3.05, 3.63) is 30.1 Å². The topological polar surface area (TPSA) is 95.1 Å². The van der Waals surface area contributed by atoms with Crippen molar-refractivity contribution in [1.29, 1.82) is 0 Å². The lowest BCUT2D eigenvalue weighted by molar-refractivity contribution is -0.137. The summed E-state index contributed by atoms with van der Waals surface area (Å²) in [6, 6.07) is 3.90. The lowest BCUT2D eigenvalue weighted by Crippen LogP contribution is -2.57. The zero-order valence-corrected chi connectivity index (χ0v) is 17.3. The quantitative estimate of drug-likeness (QED) is 0.688. The molecule has 2 heterocycles. The molecule has 1 aromatic carbocycles. The lowest BCUT2D eigenvalue weighted by atomic mass is 10.0. The number of rotatable bonds is 4. The number of piperidine rings is 1. The van der Waals surface area contributed by atoms with Gasteiger partial charge in [0.25, 0.3) is 0 Å². The number of nitrogens with zero attached hydrogens (tertiary/aromatic N) is 3. The maximum Gasteiger partial charge on any atom is 0.243 e. The van der Waals surface area contributed by atoms with E-state index in [-0.39, 0.29) is 37.0 Å². The Morgan fingerprint density at radius 2 is 1.57 bits per heavy atom. The van der Waals surface area contributed by atoms with E-state index in [1.54, 1.807) is 0 Å². The summed E-state index contributed by atoms with van der Waals surface area (Å²) in [5.74, 6) is -0.791. The Morgan fingerprint density at radius 1 is 0.964 bits per heavy atom. The second-order valence-electron chi connectivity index (χ2n) is 7.07. The van der Waals surface area contributed by atoms with E-state index in [2.05, 4.69) is 0 Å². The van der Waals surface area contributed by atoms with Crippen molar-refractivity contribution in [3.63, 3.8) is 0 Å². The summed E-state index contributed by atoms with van der Waals surface area (Å²) >= 11 is 0. The minimum Gasteiger partial charge on any atom is -0.339 e. The summed E-state index contributed by atoms with van der Waals surface area (Å²) in [6.45, 7) is 0.920. The summed E-state index contributed by atoms with van der Waals surface area (Å²) in [6.07, 6.45) is 3.08. The first-order valence-electron chi connectivity index (χ1n) is 9.12. The van der Waals surface area contributed by atoms with Crippen LogP contribution in [0.4, 0.5) is 4.39 Å². The smallest absolute Gasteiger partial charge is 0.243 e. The molecule has 156 valence electrons. The fraction of sp³-hybridized carbons (Fsp3) is 0.588. The van der Waals surface area contributed by atoms with Crippen molar-refractivity contribution in [2.75, 3.05) is 39.0 Å². The van der Waals surface area contributed by atoms with Gasteiger partial charge < -0.3 is 4.90 Å². The number of carbonyl (C=O) groups excluding carboxylic acids is 1. The highest BCUT2D eigenvalue weighted by molar-refractivity contribution is 7.89. The van der Waals surface area contributed by atoms with Crippen LogP contribution >= 0.6 is 0 Å². The van der Waals surface area contributed by atoms with Gasteiger partial charge in [0.2, 0.25) is 26.0 Å². The highest BCUT2D eigenvalue weighted by Crippen LogP contribution is 2.23. The van der Waals surface area contributed by atoms with Crippen LogP contribution in [0.2, 0.25) is 0 Å². The fourth-order valence-corrected chi connectivity index (χ4v) is 6.20. The second-order valence-corrected chi connectivity index (χ2v) is 10.9. The van der Waals surface area contributed by atoms with Gasteiger partial charge in [0.05, 0.1) is 11.2 Å². The predicted octanol–water partition coefficient (Wildman–Crippen LogP) is 0.473. The molecule has 3 rings (SSSR count). The summed E-state index contributed by atoms with van der Waals surface area (Å²) in [7, 11) is -7.25. The van der Waals surface area contributed by atoms with E-state index in [4.69, 9.17) is 0 Å². The third kappa shape index (κ3) is 4.37. The van der Waals surface area contributed by atoms with Gasteiger partial charge in [-0.15, -0.1) is 0 Å². The van der Waals surface area contributed by atoms with Gasteiger partial charge in [-0.2, -0.15) is 8.61 Å². The number of carbonyl (C=O) groups is 1. The summed E-state index contributed by atoms with van der Waals surface area (Å²) in [5.41, 5.74) is 0. The molecule has 11 heteroatoms. The Bertz CT molecular complexity index is 926. The molecule has 8 nitrogen and oxygen atoms in total. The molecular weight excluding hydrogens is 409 g/mol. The van der Waals surface area contributed by atoms with Crippen LogP contribution in [0.1, 0.15) is 19.3 Å². The van der Waals surface area contributed by atoms with Crippen LogP contribution in [-0.2, 0) is 24.8 Å².